The zero-order valence-corrected chi connectivity index (χ0v) is 20.2. The number of hydrogen-bond donors (Lipinski definition) is 1. The van der Waals surface area contributed by atoms with Crippen LogP contribution >= 0.6 is 11.3 Å². The Bertz CT molecular complexity index is 929. The van der Waals surface area contributed by atoms with E-state index >= 15 is 0 Å². The van der Waals surface area contributed by atoms with Gasteiger partial charge in [-0.3, -0.25) is 9.59 Å². The maximum absolute atomic E-state index is 13.1. The van der Waals surface area contributed by atoms with Crippen LogP contribution in [0.4, 0.5) is 10.5 Å². The lowest BCUT2D eigenvalue weighted by Crippen LogP contribution is -2.38. The first kappa shape index (κ1) is 24.8. The minimum Gasteiger partial charge on any atom is -0.449 e. The molecular weight excluding hydrogens is 438 g/mol. The van der Waals surface area contributed by atoms with Crippen molar-refractivity contribution in [2.75, 3.05) is 38.1 Å². The van der Waals surface area contributed by atoms with Crippen LogP contribution < -0.4 is 5.32 Å². The number of hydrogen-bond acceptors (Lipinski definition) is 5. The normalized spacial score (nSPS) is 14.2. The molecule has 2 heterocycles. The van der Waals surface area contributed by atoms with E-state index in [0.717, 1.165) is 12.8 Å². The molecule has 1 aromatic carbocycles. The number of thiophene rings is 1. The molecule has 0 spiro atoms. The summed E-state index contributed by atoms with van der Waals surface area (Å²) in [7, 11) is 0. The number of benzene rings is 1. The highest BCUT2D eigenvalue weighted by Gasteiger charge is 2.24. The maximum atomic E-state index is 13.1. The summed E-state index contributed by atoms with van der Waals surface area (Å²) < 4.78 is 5.32. The van der Waals surface area contributed by atoms with E-state index in [4.69, 9.17) is 4.74 Å². The highest BCUT2D eigenvalue weighted by Crippen LogP contribution is 2.16. The molecule has 0 unspecified atom stereocenters. The molecule has 178 valence electrons. The van der Waals surface area contributed by atoms with Crippen molar-refractivity contribution < 1.29 is 19.1 Å². The Hall–Kier alpha value is -2.87. The third kappa shape index (κ3) is 7.89. The van der Waals surface area contributed by atoms with Crippen LogP contribution in [-0.4, -0.2) is 60.5 Å². The fourth-order valence-electron chi connectivity index (χ4n) is 3.65. The predicted octanol–water partition coefficient (Wildman–Crippen LogP) is 4.65. The van der Waals surface area contributed by atoms with Gasteiger partial charge in [-0.25, -0.2) is 4.79 Å². The SMILES string of the molecule is CC(C)COC(=O)N1CCCN(C(=O)c2cccc(NC(=O)CCCc3cccs3)c2)CC1. The quantitative estimate of drug-likeness (QED) is 0.608. The number of nitrogens with zero attached hydrogens (tertiary/aromatic N) is 2. The third-order valence-electron chi connectivity index (χ3n) is 5.38. The molecule has 0 saturated carbocycles. The van der Waals surface area contributed by atoms with Gasteiger partial charge in [0.25, 0.3) is 5.91 Å². The van der Waals surface area contributed by atoms with Crippen molar-refractivity contribution >= 4 is 34.9 Å². The van der Waals surface area contributed by atoms with Gasteiger partial charge in [-0.15, -0.1) is 11.3 Å². The number of carbonyl (C=O) groups is 3. The lowest BCUT2D eigenvalue weighted by Gasteiger charge is -2.22. The topological polar surface area (TPSA) is 79.0 Å². The highest BCUT2D eigenvalue weighted by atomic mass is 32.1. The van der Waals surface area contributed by atoms with E-state index in [1.807, 2.05) is 25.3 Å². The van der Waals surface area contributed by atoms with E-state index in [9.17, 15) is 14.4 Å². The van der Waals surface area contributed by atoms with Crippen LogP contribution in [0.2, 0.25) is 0 Å². The molecule has 1 saturated heterocycles. The Morgan fingerprint density at radius 1 is 1.06 bits per heavy atom. The Morgan fingerprint density at radius 2 is 1.85 bits per heavy atom. The molecule has 8 heteroatoms. The summed E-state index contributed by atoms with van der Waals surface area (Å²) >= 11 is 1.70. The Kier molecular flexibility index (Phi) is 9.30. The Labute approximate surface area is 199 Å². The van der Waals surface area contributed by atoms with Gasteiger partial charge < -0.3 is 19.9 Å². The Morgan fingerprint density at radius 3 is 2.61 bits per heavy atom. The van der Waals surface area contributed by atoms with Crippen LogP contribution in [-0.2, 0) is 16.0 Å². The van der Waals surface area contributed by atoms with Crippen molar-refractivity contribution in [2.24, 2.45) is 5.92 Å². The number of aryl methyl sites for hydroxylation is 1. The minimum atomic E-state index is -0.318. The van der Waals surface area contributed by atoms with E-state index in [0.29, 0.717) is 56.9 Å². The van der Waals surface area contributed by atoms with Crippen molar-refractivity contribution in [1.29, 1.82) is 0 Å². The van der Waals surface area contributed by atoms with Gasteiger partial charge in [0.15, 0.2) is 0 Å². The summed E-state index contributed by atoms with van der Waals surface area (Å²) in [5, 5.41) is 4.94. The number of amides is 3. The van der Waals surface area contributed by atoms with Crippen LogP contribution in [0.1, 0.15) is 48.3 Å². The van der Waals surface area contributed by atoms with Crippen LogP contribution in [0.25, 0.3) is 0 Å². The zero-order valence-electron chi connectivity index (χ0n) is 19.4. The van der Waals surface area contributed by atoms with Gasteiger partial charge in [0.2, 0.25) is 5.91 Å². The van der Waals surface area contributed by atoms with Crippen molar-refractivity contribution in [3.8, 4) is 0 Å². The molecule has 1 N–H and O–H groups in total. The van der Waals surface area contributed by atoms with Gasteiger partial charge >= 0.3 is 6.09 Å². The van der Waals surface area contributed by atoms with E-state index in [1.165, 1.54) is 4.88 Å². The lowest BCUT2D eigenvalue weighted by atomic mass is 10.1. The largest absolute Gasteiger partial charge is 0.449 e. The number of carbonyl (C=O) groups excluding carboxylic acids is 3. The molecule has 0 atom stereocenters. The predicted molar refractivity (Wildman–Crippen MR) is 131 cm³/mol. The number of nitrogens with one attached hydrogen (secondary N) is 1. The molecule has 3 rings (SSSR count). The van der Waals surface area contributed by atoms with Gasteiger partial charge in [0, 0.05) is 48.7 Å². The summed E-state index contributed by atoms with van der Waals surface area (Å²) in [6, 6.07) is 11.1. The molecule has 3 amide bonds. The van der Waals surface area contributed by atoms with Gasteiger partial charge in [-0.2, -0.15) is 0 Å². The second-order valence-electron chi connectivity index (χ2n) is 8.67. The average Bonchev–Trinajstić information content (AvgIpc) is 3.19. The number of anilines is 1. The van der Waals surface area contributed by atoms with Crippen molar-refractivity contribution in [2.45, 2.75) is 39.5 Å². The summed E-state index contributed by atoms with van der Waals surface area (Å²) in [4.78, 5) is 42.3. The van der Waals surface area contributed by atoms with Gasteiger partial charge in [-0.05, 0) is 54.8 Å². The molecule has 1 fully saturated rings. The van der Waals surface area contributed by atoms with E-state index in [-0.39, 0.29) is 23.8 Å². The first-order valence-corrected chi connectivity index (χ1v) is 12.4. The van der Waals surface area contributed by atoms with Crippen LogP contribution in [0.15, 0.2) is 41.8 Å². The van der Waals surface area contributed by atoms with Crippen molar-refractivity contribution in [1.82, 2.24) is 9.80 Å². The van der Waals surface area contributed by atoms with E-state index in [1.54, 1.807) is 45.4 Å². The molecule has 33 heavy (non-hydrogen) atoms. The molecule has 2 aromatic rings. The van der Waals surface area contributed by atoms with E-state index < -0.39 is 0 Å². The maximum Gasteiger partial charge on any atom is 0.409 e. The van der Waals surface area contributed by atoms with Crippen LogP contribution in [0.5, 0.6) is 0 Å². The second kappa shape index (κ2) is 12.4. The molecule has 1 aliphatic rings. The molecule has 1 aliphatic heterocycles. The molecule has 0 aliphatic carbocycles. The fourth-order valence-corrected chi connectivity index (χ4v) is 4.40. The van der Waals surface area contributed by atoms with Crippen molar-refractivity contribution in [3.05, 3.63) is 52.2 Å². The van der Waals surface area contributed by atoms with Crippen LogP contribution in [0.3, 0.4) is 0 Å². The molecule has 7 nitrogen and oxygen atoms in total. The first-order valence-electron chi connectivity index (χ1n) is 11.6. The third-order valence-corrected chi connectivity index (χ3v) is 6.32. The molecular formula is C25H33N3O4S. The fraction of sp³-hybridized carbons (Fsp3) is 0.480. The molecule has 0 radical (unpaired) electrons. The Balaban J connectivity index is 1.50. The second-order valence-corrected chi connectivity index (χ2v) is 9.70. The molecule has 0 bridgehead atoms. The highest BCUT2D eigenvalue weighted by molar-refractivity contribution is 7.09. The number of ether oxygens (including phenoxy) is 1. The summed E-state index contributed by atoms with van der Waals surface area (Å²) in [6.45, 7) is 6.44. The minimum absolute atomic E-state index is 0.0542. The lowest BCUT2D eigenvalue weighted by molar-refractivity contribution is -0.116. The standard InChI is InChI=1S/C25H33N3O4S/c1-19(2)18-32-25(31)28-13-6-12-27(14-15-28)24(30)20-7-3-8-21(17-20)26-23(29)11-4-9-22-10-5-16-33-22/h3,5,7-8,10,16-17,19H,4,6,9,11-15,18H2,1-2H3,(H,26,29). The zero-order chi connectivity index (χ0) is 23.6. The van der Waals surface area contributed by atoms with E-state index in [2.05, 4.69) is 11.4 Å². The van der Waals surface area contributed by atoms with Gasteiger partial charge in [-0.1, -0.05) is 26.0 Å². The summed E-state index contributed by atoms with van der Waals surface area (Å²) in [5.41, 5.74) is 1.15. The summed E-state index contributed by atoms with van der Waals surface area (Å²) in [6.07, 6.45) is 2.49. The van der Waals surface area contributed by atoms with Gasteiger partial charge in [0.05, 0.1) is 6.61 Å². The van der Waals surface area contributed by atoms with Crippen LogP contribution in [0, 0.1) is 5.92 Å². The first-order chi connectivity index (χ1) is 15.9. The summed E-state index contributed by atoms with van der Waals surface area (Å²) in [5.74, 6) is 0.135. The molecule has 1 aromatic heterocycles. The van der Waals surface area contributed by atoms with Gasteiger partial charge in [0.1, 0.15) is 0 Å². The monoisotopic (exact) mass is 471 g/mol. The smallest absolute Gasteiger partial charge is 0.409 e. The average molecular weight is 472 g/mol. The van der Waals surface area contributed by atoms with Crippen molar-refractivity contribution in [3.63, 3.8) is 0 Å². The number of rotatable bonds is 8.